The van der Waals surface area contributed by atoms with Crippen LogP contribution in [-0.2, 0) is 0 Å². The fourth-order valence-corrected chi connectivity index (χ4v) is 2.18. The van der Waals surface area contributed by atoms with E-state index in [2.05, 4.69) is 45.8 Å². The van der Waals surface area contributed by atoms with Crippen molar-refractivity contribution in [3.05, 3.63) is 49.1 Å². The molecule has 0 aliphatic rings. The van der Waals surface area contributed by atoms with E-state index >= 15 is 0 Å². The van der Waals surface area contributed by atoms with Gasteiger partial charge in [-0.15, -0.1) is 0 Å². The number of rotatable bonds is 3. The largest absolute Gasteiger partial charge is 0.325 e. The van der Waals surface area contributed by atoms with Gasteiger partial charge in [0.2, 0.25) is 5.95 Å². The van der Waals surface area contributed by atoms with Crippen molar-refractivity contribution in [2.24, 2.45) is 0 Å². The van der Waals surface area contributed by atoms with E-state index in [0.717, 1.165) is 22.4 Å². The SMILES string of the molecule is CC(C)n1ccnc1Nc1cccc2cnccc12. The Balaban J connectivity index is 2.04. The van der Waals surface area contributed by atoms with Crippen LogP contribution in [0.25, 0.3) is 10.8 Å². The van der Waals surface area contributed by atoms with Crippen molar-refractivity contribution in [1.82, 2.24) is 14.5 Å². The van der Waals surface area contributed by atoms with Gasteiger partial charge in [-0.3, -0.25) is 4.98 Å². The number of hydrogen-bond donors (Lipinski definition) is 1. The van der Waals surface area contributed by atoms with Gasteiger partial charge in [0.05, 0.1) is 0 Å². The predicted molar refractivity (Wildman–Crippen MR) is 77.6 cm³/mol. The minimum atomic E-state index is 0.377. The molecule has 19 heavy (non-hydrogen) atoms. The lowest BCUT2D eigenvalue weighted by molar-refractivity contribution is 0.608. The molecule has 0 radical (unpaired) electrons. The summed E-state index contributed by atoms with van der Waals surface area (Å²) in [6, 6.07) is 8.53. The average molecular weight is 252 g/mol. The van der Waals surface area contributed by atoms with Crippen molar-refractivity contribution < 1.29 is 0 Å². The number of nitrogens with zero attached hydrogens (tertiary/aromatic N) is 3. The van der Waals surface area contributed by atoms with Crippen molar-refractivity contribution in [3.63, 3.8) is 0 Å². The van der Waals surface area contributed by atoms with Gasteiger partial charge in [-0.1, -0.05) is 12.1 Å². The Bertz CT molecular complexity index is 695. The van der Waals surface area contributed by atoms with Crippen LogP contribution in [0.15, 0.2) is 49.1 Å². The van der Waals surface area contributed by atoms with Gasteiger partial charge in [-0.25, -0.2) is 4.98 Å². The minimum absolute atomic E-state index is 0.377. The first-order valence-corrected chi connectivity index (χ1v) is 6.38. The fraction of sp³-hybridized carbons (Fsp3) is 0.200. The number of fused-ring (bicyclic) bond motifs is 1. The molecule has 0 amide bonds. The van der Waals surface area contributed by atoms with Gasteiger partial charge in [0.25, 0.3) is 0 Å². The van der Waals surface area contributed by atoms with Crippen LogP contribution in [-0.4, -0.2) is 14.5 Å². The number of pyridine rings is 1. The number of nitrogens with one attached hydrogen (secondary N) is 1. The van der Waals surface area contributed by atoms with Gasteiger partial charge in [-0.05, 0) is 26.0 Å². The number of imidazole rings is 1. The molecule has 0 saturated carbocycles. The van der Waals surface area contributed by atoms with Crippen LogP contribution in [0.4, 0.5) is 11.6 Å². The average Bonchev–Trinajstić information content (AvgIpc) is 2.87. The number of aromatic nitrogens is 3. The lowest BCUT2D eigenvalue weighted by Crippen LogP contribution is -2.05. The third-order valence-electron chi connectivity index (χ3n) is 3.15. The molecule has 4 nitrogen and oxygen atoms in total. The minimum Gasteiger partial charge on any atom is -0.325 e. The Kier molecular flexibility index (Phi) is 2.91. The molecule has 3 rings (SSSR count). The highest BCUT2D eigenvalue weighted by Gasteiger charge is 2.07. The zero-order valence-electron chi connectivity index (χ0n) is 11.0. The first-order chi connectivity index (χ1) is 9.25. The highest BCUT2D eigenvalue weighted by atomic mass is 15.2. The fourth-order valence-electron chi connectivity index (χ4n) is 2.18. The summed E-state index contributed by atoms with van der Waals surface area (Å²) in [4.78, 5) is 8.52. The Morgan fingerprint density at radius 3 is 2.89 bits per heavy atom. The Morgan fingerprint density at radius 1 is 1.16 bits per heavy atom. The van der Waals surface area contributed by atoms with E-state index in [0.29, 0.717) is 6.04 Å². The molecule has 0 saturated heterocycles. The Hall–Kier alpha value is -2.36. The molecular weight excluding hydrogens is 236 g/mol. The molecule has 1 aromatic carbocycles. The van der Waals surface area contributed by atoms with Gasteiger partial charge < -0.3 is 9.88 Å². The van der Waals surface area contributed by atoms with Crippen molar-refractivity contribution >= 4 is 22.4 Å². The van der Waals surface area contributed by atoms with Crippen LogP contribution < -0.4 is 5.32 Å². The topological polar surface area (TPSA) is 42.7 Å². The number of hydrogen-bond acceptors (Lipinski definition) is 3. The summed E-state index contributed by atoms with van der Waals surface area (Å²) in [6.45, 7) is 4.28. The molecule has 96 valence electrons. The maximum atomic E-state index is 4.38. The molecule has 0 aliphatic carbocycles. The highest BCUT2D eigenvalue weighted by molar-refractivity contribution is 5.94. The third-order valence-corrected chi connectivity index (χ3v) is 3.15. The quantitative estimate of drug-likeness (QED) is 0.771. The van der Waals surface area contributed by atoms with E-state index in [9.17, 15) is 0 Å². The van der Waals surface area contributed by atoms with Crippen molar-refractivity contribution in [3.8, 4) is 0 Å². The lowest BCUT2D eigenvalue weighted by atomic mass is 10.1. The van der Waals surface area contributed by atoms with E-state index in [1.807, 2.05) is 36.9 Å². The summed E-state index contributed by atoms with van der Waals surface area (Å²) in [5.74, 6) is 0.860. The molecule has 0 bridgehead atoms. The van der Waals surface area contributed by atoms with Gasteiger partial charge in [0, 0.05) is 47.3 Å². The van der Waals surface area contributed by atoms with Gasteiger partial charge in [0.15, 0.2) is 0 Å². The standard InChI is InChI=1S/C15H16N4/c1-11(2)19-9-8-17-15(19)18-14-5-3-4-12-10-16-7-6-13(12)14/h3-11H,1-2H3,(H,17,18). The summed E-state index contributed by atoms with van der Waals surface area (Å²) in [5, 5.41) is 5.67. The van der Waals surface area contributed by atoms with E-state index in [-0.39, 0.29) is 0 Å². The van der Waals surface area contributed by atoms with Crippen LogP contribution in [0.5, 0.6) is 0 Å². The summed E-state index contributed by atoms with van der Waals surface area (Å²) in [5.41, 5.74) is 1.05. The summed E-state index contributed by atoms with van der Waals surface area (Å²) < 4.78 is 2.11. The molecule has 1 N–H and O–H groups in total. The number of benzene rings is 1. The van der Waals surface area contributed by atoms with E-state index < -0.39 is 0 Å². The van der Waals surface area contributed by atoms with Crippen molar-refractivity contribution in [2.75, 3.05) is 5.32 Å². The van der Waals surface area contributed by atoms with Crippen molar-refractivity contribution in [1.29, 1.82) is 0 Å². The second kappa shape index (κ2) is 4.72. The predicted octanol–water partition coefficient (Wildman–Crippen LogP) is 3.76. The highest BCUT2D eigenvalue weighted by Crippen LogP contribution is 2.25. The van der Waals surface area contributed by atoms with Crippen LogP contribution in [0.3, 0.4) is 0 Å². The van der Waals surface area contributed by atoms with E-state index in [1.165, 1.54) is 0 Å². The Labute approximate surface area is 112 Å². The van der Waals surface area contributed by atoms with E-state index in [1.54, 1.807) is 0 Å². The molecule has 0 fully saturated rings. The van der Waals surface area contributed by atoms with Gasteiger partial charge in [0.1, 0.15) is 0 Å². The molecule has 0 unspecified atom stereocenters. The zero-order chi connectivity index (χ0) is 13.2. The van der Waals surface area contributed by atoms with Crippen LogP contribution >= 0.6 is 0 Å². The molecule has 4 heteroatoms. The normalized spacial score (nSPS) is 11.1. The summed E-state index contributed by atoms with van der Waals surface area (Å²) in [6.07, 6.45) is 7.48. The maximum Gasteiger partial charge on any atom is 0.207 e. The van der Waals surface area contributed by atoms with Gasteiger partial charge >= 0.3 is 0 Å². The van der Waals surface area contributed by atoms with Crippen LogP contribution in [0.1, 0.15) is 19.9 Å². The first-order valence-electron chi connectivity index (χ1n) is 6.38. The first kappa shape index (κ1) is 11.7. The summed E-state index contributed by atoms with van der Waals surface area (Å²) in [7, 11) is 0. The summed E-state index contributed by atoms with van der Waals surface area (Å²) >= 11 is 0. The molecule has 0 atom stereocenters. The molecular formula is C15H16N4. The molecule has 2 heterocycles. The second-order valence-corrected chi connectivity index (χ2v) is 4.78. The second-order valence-electron chi connectivity index (χ2n) is 4.78. The lowest BCUT2D eigenvalue weighted by Gasteiger charge is -2.14. The maximum absolute atomic E-state index is 4.38. The van der Waals surface area contributed by atoms with E-state index in [4.69, 9.17) is 0 Å². The van der Waals surface area contributed by atoms with Gasteiger partial charge in [-0.2, -0.15) is 0 Å². The number of anilines is 2. The van der Waals surface area contributed by atoms with Crippen LogP contribution in [0, 0.1) is 0 Å². The Morgan fingerprint density at radius 2 is 2.05 bits per heavy atom. The third kappa shape index (κ3) is 2.17. The smallest absolute Gasteiger partial charge is 0.207 e. The molecule has 0 aliphatic heterocycles. The zero-order valence-corrected chi connectivity index (χ0v) is 11.0. The monoisotopic (exact) mass is 252 g/mol. The molecule has 0 spiro atoms. The van der Waals surface area contributed by atoms with Crippen LogP contribution in [0.2, 0.25) is 0 Å². The van der Waals surface area contributed by atoms with Crippen molar-refractivity contribution in [2.45, 2.75) is 19.9 Å². The molecule has 3 aromatic rings. The molecule has 2 aromatic heterocycles.